The molecule has 0 amide bonds. The van der Waals surface area contributed by atoms with Gasteiger partial charge in [0.2, 0.25) is 5.82 Å². The molecule has 0 saturated carbocycles. The van der Waals surface area contributed by atoms with Gasteiger partial charge in [-0.1, -0.05) is 27.5 Å². The first kappa shape index (κ1) is 14.0. The number of halogens is 4. The van der Waals surface area contributed by atoms with E-state index in [1.165, 1.54) is 24.3 Å². The van der Waals surface area contributed by atoms with Crippen LogP contribution in [0.5, 0.6) is 11.5 Å². The van der Waals surface area contributed by atoms with Crippen molar-refractivity contribution < 1.29 is 18.3 Å². The highest BCUT2D eigenvalue weighted by molar-refractivity contribution is 9.10. The van der Waals surface area contributed by atoms with Crippen molar-refractivity contribution in [1.82, 2.24) is 0 Å². The molecule has 2 nitrogen and oxygen atoms in total. The Morgan fingerprint density at radius 3 is 2.58 bits per heavy atom. The Morgan fingerprint density at radius 2 is 1.89 bits per heavy atom. The minimum Gasteiger partial charge on any atom is -0.453 e. The zero-order valence-corrected chi connectivity index (χ0v) is 11.6. The molecule has 0 saturated heterocycles. The van der Waals surface area contributed by atoms with Crippen molar-refractivity contribution >= 4 is 33.8 Å². The van der Waals surface area contributed by atoms with E-state index in [9.17, 15) is 13.6 Å². The molecule has 0 aliphatic rings. The molecule has 0 aliphatic heterocycles. The molecular formula is C13H6BrClF2O2. The van der Waals surface area contributed by atoms with E-state index >= 15 is 0 Å². The second kappa shape index (κ2) is 5.67. The van der Waals surface area contributed by atoms with Crippen LogP contribution in [0.1, 0.15) is 10.4 Å². The molecule has 2 aromatic rings. The standard InChI is InChI=1S/C13H6BrClF2O2/c14-8-4-10(16)13(17)12(5-8)19-11-2-1-9(15)3-7(11)6-18/h1-6H. The summed E-state index contributed by atoms with van der Waals surface area (Å²) in [6.07, 6.45) is 0.521. The van der Waals surface area contributed by atoms with E-state index in [0.29, 0.717) is 15.8 Å². The third kappa shape index (κ3) is 3.11. The molecule has 19 heavy (non-hydrogen) atoms. The second-order valence-corrected chi connectivity index (χ2v) is 4.95. The minimum atomic E-state index is -1.13. The molecule has 0 spiro atoms. The van der Waals surface area contributed by atoms with Gasteiger partial charge in [-0.2, -0.15) is 4.39 Å². The molecule has 0 aromatic heterocycles. The van der Waals surface area contributed by atoms with Crippen LogP contribution in [0.2, 0.25) is 5.02 Å². The third-order valence-electron chi connectivity index (χ3n) is 2.28. The first-order chi connectivity index (χ1) is 9.01. The Kier molecular flexibility index (Phi) is 4.17. The lowest BCUT2D eigenvalue weighted by molar-refractivity contribution is 0.112. The number of benzene rings is 2. The third-order valence-corrected chi connectivity index (χ3v) is 2.97. The molecule has 0 unspecified atom stereocenters. The maximum Gasteiger partial charge on any atom is 0.201 e. The maximum atomic E-state index is 13.5. The van der Waals surface area contributed by atoms with E-state index in [2.05, 4.69) is 15.9 Å². The summed E-state index contributed by atoms with van der Waals surface area (Å²) in [4.78, 5) is 10.9. The molecular weight excluding hydrogens is 341 g/mol. The molecule has 0 bridgehead atoms. The summed E-state index contributed by atoms with van der Waals surface area (Å²) in [5.41, 5.74) is 0.146. The van der Waals surface area contributed by atoms with E-state index < -0.39 is 11.6 Å². The lowest BCUT2D eigenvalue weighted by atomic mass is 10.2. The van der Waals surface area contributed by atoms with E-state index in [0.717, 1.165) is 6.07 Å². The highest BCUT2D eigenvalue weighted by Crippen LogP contribution is 2.31. The number of hydrogen-bond donors (Lipinski definition) is 0. The summed E-state index contributed by atoms with van der Waals surface area (Å²) in [7, 11) is 0. The Hall–Kier alpha value is -1.46. The zero-order valence-electron chi connectivity index (χ0n) is 9.29. The topological polar surface area (TPSA) is 26.3 Å². The zero-order chi connectivity index (χ0) is 14.0. The molecule has 0 fully saturated rings. The van der Waals surface area contributed by atoms with Gasteiger partial charge in [0.05, 0.1) is 5.56 Å². The summed E-state index contributed by atoms with van der Waals surface area (Å²) < 4.78 is 32.3. The van der Waals surface area contributed by atoms with Crippen molar-refractivity contribution in [2.45, 2.75) is 0 Å². The molecule has 0 aliphatic carbocycles. The van der Waals surface area contributed by atoms with Gasteiger partial charge in [0.15, 0.2) is 17.9 Å². The fraction of sp³-hybridized carbons (Fsp3) is 0. The largest absolute Gasteiger partial charge is 0.453 e. The van der Waals surface area contributed by atoms with Crippen LogP contribution in [-0.2, 0) is 0 Å². The van der Waals surface area contributed by atoms with Gasteiger partial charge in [-0.15, -0.1) is 0 Å². The van der Waals surface area contributed by atoms with E-state index in [4.69, 9.17) is 16.3 Å². The van der Waals surface area contributed by atoms with Crippen molar-refractivity contribution in [3.05, 3.63) is 57.0 Å². The van der Waals surface area contributed by atoms with Crippen LogP contribution in [-0.4, -0.2) is 6.29 Å². The molecule has 0 heterocycles. The van der Waals surface area contributed by atoms with E-state index in [1.54, 1.807) is 0 Å². The van der Waals surface area contributed by atoms with Crippen molar-refractivity contribution in [1.29, 1.82) is 0 Å². The van der Waals surface area contributed by atoms with Crippen molar-refractivity contribution in [3.63, 3.8) is 0 Å². The van der Waals surface area contributed by atoms with Gasteiger partial charge in [0, 0.05) is 9.50 Å². The molecule has 0 N–H and O–H groups in total. The van der Waals surface area contributed by atoms with Gasteiger partial charge in [0.1, 0.15) is 5.75 Å². The Labute approximate surface area is 121 Å². The van der Waals surface area contributed by atoms with E-state index in [1.807, 2.05) is 0 Å². The fourth-order valence-electron chi connectivity index (χ4n) is 1.43. The Bertz CT molecular complexity index is 647. The SMILES string of the molecule is O=Cc1cc(Cl)ccc1Oc1cc(Br)cc(F)c1F. The highest BCUT2D eigenvalue weighted by Gasteiger charge is 2.14. The normalized spacial score (nSPS) is 10.3. The smallest absolute Gasteiger partial charge is 0.201 e. The van der Waals surface area contributed by atoms with Gasteiger partial charge < -0.3 is 4.74 Å². The lowest BCUT2D eigenvalue weighted by Crippen LogP contribution is -1.95. The number of rotatable bonds is 3. The molecule has 6 heteroatoms. The van der Waals surface area contributed by atoms with Crippen LogP contribution < -0.4 is 4.74 Å². The molecule has 0 radical (unpaired) electrons. The minimum absolute atomic E-state index is 0.0933. The molecule has 98 valence electrons. The van der Waals surface area contributed by atoms with Crippen LogP contribution in [0, 0.1) is 11.6 Å². The fourth-order valence-corrected chi connectivity index (χ4v) is 2.02. The highest BCUT2D eigenvalue weighted by atomic mass is 79.9. The monoisotopic (exact) mass is 346 g/mol. The quantitative estimate of drug-likeness (QED) is 0.578. The van der Waals surface area contributed by atoms with Crippen LogP contribution >= 0.6 is 27.5 Å². The van der Waals surface area contributed by atoms with Gasteiger partial charge in [-0.25, -0.2) is 4.39 Å². The predicted molar refractivity (Wildman–Crippen MR) is 71.0 cm³/mol. The molecule has 2 rings (SSSR count). The summed E-state index contributed by atoms with van der Waals surface area (Å²) in [5.74, 6) is -2.41. The van der Waals surface area contributed by atoms with Crippen LogP contribution in [0.4, 0.5) is 8.78 Å². The number of carbonyl (C=O) groups is 1. The predicted octanol–water partition coefficient (Wildman–Crippen LogP) is 4.99. The Balaban J connectivity index is 2.44. The average Bonchev–Trinajstić information content (AvgIpc) is 2.37. The van der Waals surface area contributed by atoms with E-state index in [-0.39, 0.29) is 17.1 Å². The van der Waals surface area contributed by atoms with Gasteiger partial charge in [0.25, 0.3) is 0 Å². The van der Waals surface area contributed by atoms with Crippen molar-refractivity contribution in [2.24, 2.45) is 0 Å². The number of carbonyl (C=O) groups excluding carboxylic acids is 1. The first-order valence-electron chi connectivity index (χ1n) is 5.08. The molecule has 0 atom stereocenters. The van der Waals surface area contributed by atoms with Crippen LogP contribution in [0.3, 0.4) is 0 Å². The van der Waals surface area contributed by atoms with Gasteiger partial charge in [-0.3, -0.25) is 4.79 Å². The number of aldehydes is 1. The maximum absolute atomic E-state index is 13.5. The second-order valence-electron chi connectivity index (χ2n) is 3.60. The number of hydrogen-bond acceptors (Lipinski definition) is 2. The van der Waals surface area contributed by atoms with Crippen LogP contribution in [0.25, 0.3) is 0 Å². The Morgan fingerprint density at radius 1 is 1.16 bits per heavy atom. The van der Waals surface area contributed by atoms with Crippen molar-refractivity contribution in [2.75, 3.05) is 0 Å². The summed E-state index contributed by atoms with van der Waals surface area (Å²) in [5, 5.41) is 0.343. The van der Waals surface area contributed by atoms with Crippen LogP contribution in [0.15, 0.2) is 34.8 Å². The summed E-state index contributed by atoms with van der Waals surface area (Å²) in [6, 6.07) is 6.50. The van der Waals surface area contributed by atoms with Gasteiger partial charge in [-0.05, 0) is 30.3 Å². The lowest BCUT2D eigenvalue weighted by Gasteiger charge is -2.10. The molecule has 2 aromatic carbocycles. The van der Waals surface area contributed by atoms with Crippen molar-refractivity contribution in [3.8, 4) is 11.5 Å². The number of ether oxygens (including phenoxy) is 1. The summed E-state index contributed by atoms with van der Waals surface area (Å²) in [6.45, 7) is 0. The average molecular weight is 348 g/mol. The first-order valence-corrected chi connectivity index (χ1v) is 6.25. The van der Waals surface area contributed by atoms with Gasteiger partial charge >= 0.3 is 0 Å². The summed E-state index contributed by atoms with van der Waals surface area (Å²) >= 11 is 8.75.